The van der Waals surface area contributed by atoms with Crippen molar-refractivity contribution in [3.8, 4) is 62.0 Å². The van der Waals surface area contributed by atoms with Crippen molar-refractivity contribution >= 4 is 97.1 Å². The Morgan fingerprint density at radius 2 is 0.671 bits per heavy atom. The van der Waals surface area contributed by atoms with Crippen LogP contribution in [0.2, 0.25) is 0 Å². The van der Waals surface area contributed by atoms with Crippen LogP contribution in [-0.2, 0) is 0 Å². The normalized spacial score (nSPS) is 11.9. The second kappa shape index (κ2) is 16.8. The maximum absolute atomic E-state index is 5.64. The van der Waals surface area contributed by atoms with Gasteiger partial charge in [0.1, 0.15) is 0 Å². The highest BCUT2D eigenvalue weighted by atomic mass is 32.1. The lowest BCUT2D eigenvalue weighted by Crippen LogP contribution is -2.01. The van der Waals surface area contributed by atoms with Gasteiger partial charge < -0.3 is 13.7 Å². The third-order valence-corrected chi connectivity index (χ3v) is 16.6. The third-order valence-electron chi connectivity index (χ3n) is 15.4. The molecule has 0 N–H and O–H groups in total. The molecule has 0 amide bonds. The van der Waals surface area contributed by atoms with Crippen LogP contribution in [0.25, 0.3) is 148 Å². The standard InChI is InChI=1S/C70H43N5S/c1-4-20-44(21-5-1)55-42-49(43-56(45-22-6-2-7-23-45)66(55)68-69-67(54-30-14-19-35-65(54)76-69)71-70(72-68)46-24-8-3-9-25-46)75-63-38-36-47(73-59-31-15-10-26-50(59)51-27-11-16-32-60(51)73)40-57(63)58-41-48(37-39-64(58)75)74-61-33-17-12-28-52(61)53-29-13-18-34-62(53)74/h1-43H. The summed E-state index contributed by atoms with van der Waals surface area (Å²) in [7, 11) is 0. The van der Waals surface area contributed by atoms with E-state index in [-0.39, 0.29) is 0 Å². The first-order valence-electron chi connectivity index (χ1n) is 25.8. The largest absolute Gasteiger partial charge is 0.309 e. The van der Waals surface area contributed by atoms with Crippen LogP contribution >= 0.6 is 11.3 Å². The summed E-state index contributed by atoms with van der Waals surface area (Å²) < 4.78 is 9.60. The molecule has 0 aliphatic heterocycles. The fourth-order valence-electron chi connectivity index (χ4n) is 12.1. The van der Waals surface area contributed by atoms with Gasteiger partial charge in [0.15, 0.2) is 5.82 Å². The maximum Gasteiger partial charge on any atom is 0.160 e. The van der Waals surface area contributed by atoms with Crippen LogP contribution in [0, 0.1) is 0 Å². The van der Waals surface area contributed by atoms with Crippen molar-refractivity contribution in [1.29, 1.82) is 0 Å². The summed E-state index contributed by atoms with van der Waals surface area (Å²) in [4.78, 5) is 11.0. The molecular formula is C70H43N5S. The number of nitrogens with zero attached hydrogens (tertiary/aromatic N) is 5. The van der Waals surface area contributed by atoms with E-state index in [0.717, 1.165) is 82.8 Å². The SMILES string of the molecule is c1ccc(-c2nc(-c3c(-c4ccccc4)cc(-n4c5ccc(-n6c7ccccc7c7ccccc76)cc5c5cc(-n6c7ccccc7c7ccccc76)ccc54)cc3-c3ccccc3)c3sc4ccccc4c3n2)cc1. The Morgan fingerprint density at radius 3 is 1.14 bits per heavy atom. The zero-order valence-electron chi connectivity index (χ0n) is 41.0. The molecule has 0 bridgehead atoms. The van der Waals surface area contributed by atoms with Crippen LogP contribution in [0.1, 0.15) is 0 Å². The van der Waals surface area contributed by atoms with Crippen molar-refractivity contribution in [2.24, 2.45) is 0 Å². The second-order valence-electron chi connectivity index (χ2n) is 19.7. The van der Waals surface area contributed by atoms with Crippen LogP contribution in [-0.4, -0.2) is 23.7 Å². The molecule has 16 rings (SSSR count). The summed E-state index contributed by atoms with van der Waals surface area (Å²) in [6, 6.07) is 94.8. The molecule has 16 aromatic rings. The summed E-state index contributed by atoms with van der Waals surface area (Å²) in [5, 5.41) is 8.42. The number of benzene rings is 11. The average molecular weight is 986 g/mol. The van der Waals surface area contributed by atoms with Crippen molar-refractivity contribution in [2.75, 3.05) is 0 Å². The van der Waals surface area contributed by atoms with E-state index >= 15 is 0 Å². The van der Waals surface area contributed by atoms with Crippen molar-refractivity contribution < 1.29 is 0 Å². The van der Waals surface area contributed by atoms with Gasteiger partial charge in [0, 0.05) is 70.6 Å². The zero-order chi connectivity index (χ0) is 49.8. The molecule has 0 fully saturated rings. The molecule has 354 valence electrons. The minimum Gasteiger partial charge on any atom is -0.309 e. The Kier molecular flexibility index (Phi) is 9.44. The van der Waals surface area contributed by atoms with Crippen LogP contribution < -0.4 is 0 Å². The molecule has 0 aliphatic rings. The minimum absolute atomic E-state index is 0.703. The molecule has 0 saturated carbocycles. The lowest BCUT2D eigenvalue weighted by molar-refractivity contribution is 1.16. The quantitative estimate of drug-likeness (QED) is 0.160. The summed E-state index contributed by atoms with van der Waals surface area (Å²) in [6.07, 6.45) is 0. The number of hydrogen-bond acceptors (Lipinski definition) is 3. The molecule has 5 nitrogen and oxygen atoms in total. The van der Waals surface area contributed by atoms with Crippen LogP contribution in [0.15, 0.2) is 261 Å². The highest BCUT2D eigenvalue weighted by Gasteiger charge is 2.26. The summed E-state index contributed by atoms with van der Waals surface area (Å²) in [5.74, 6) is 0.703. The molecule has 0 aliphatic carbocycles. The van der Waals surface area contributed by atoms with E-state index in [4.69, 9.17) is 9.97 Å². The summed E-state index contributed by atoms with van der Waals surface area (Å²) in [5.41, 5.74) is 18.6. The maximum atomic E-state index is 5.64. The fourth-order valence-corrected chi connectivity index (χ4v) is 13.3. The fraction of sp³-hybridized carbons (Fsp3) is 0. The van der Waals surface area contributed by atoms with E-state index in [2.05, 4.69) is 268 Å². The van der Waals surface area contributed by atoms with Crippen molar-refractivity contribution in [3.05, 3.63) is 261 Å². The zero-order valence-corrected chi connectivity index (χ0v) is 41.8. The molecule has 11 aromatic carbocycles. The lowest BCUT2D eigenvalue weighted by atomic mass is 9.88. The second-order valence-corrected chi connectivity index (χ2v) is 20.7. The van der Waals surface area contributed by atoms with Gasteiger partial charge in [-0.3, -0.25) is 0 Å². The summed E-state index contributed by atoms with van der Waals surface area (Å²) in [6.45, 7) is 0. The molecule has 0 spiro atoms. The number of hydrogen-bond donors (Lipinski definition) is 0. The van der Waals surface area contributed by atoms with Crippen molar-refractivity contribution in [1.82, 2.24) is 23.7 Å². The smallest absolute Gasteiger partial charge is 0.160 e. The Hall–Kier alpha value is -9.88. The number of rotatable bonds is 7. The predicted molar refractivity (Wildman–Crippen MR) is 320 cm³/mol. The van der Waals surface area contributed by atoms with E-state index < -0.39 is 0 Å². The Balaban J connectivity index is 1.02. The van der Waals surface area contributed by atoms with E-state index in [1.165, 1.54) is 59.1 Å². The van der Waals surface area contributed by atoms with E-state index in [1.54, 1.807) is 11.3 Å². The van der Waals surface area contributed by atoms with Gasteiger partial charge in [0.2, 0.25) is 0 Å². The lowest BCUT2D eigenvalue weighted by Gasteiger charge is -2.20. The Labute approximate surface area is 441 Å². The number of thiophene rings is 1. The number of para-hydroxylation sites is 4. The van der Waals surface area contributed by atoms with Gasteiger partial charge in [-0.25, -0.2) is 9.97 Å². The van der Waals surface area contributed by atoms with Crippen molar-refractivity contribution in [2.45, 2.75) is 0 Å². The molecule has 0 radical (unpaired) electrons. The Bertz CT molecular complexity index is 4650. The molecule has 0 unspecified atom stereocenters. The van der Waals surface area contributed by atoms with Gasteiger partial charge in [0.25, 0.3) is 0 Å². The van der Waals surface area contributed by atoms with Crippen LogP contribution in [0.5, 0.6) is 0 Å². The monoisotopic (exact) mass is 985 g/mol. The first-order valence-corrected chi connectivity index (χ1v) is 26.6. The number of fused-ring (bicyclic) bond motifs is 12. The molecule has 5 aromatic heterocycles. The van der Waals surface area contributed by atoms with Crippen molar-refractivity contribution in [3.63, 3.8) is 0 Å². The highest BCUT2D eigenvalue weighted by molar-refractivity contribution is 7.26. The first-order chi connectivity index (χ1) is 37.7. The molecule has 0 atom stereocenters. The van der Waals surface area contributed by atoms with Gasteiger partial charge in [-0.15, -0.1) is 11.3 Å². The topological polar surface area (TPSA) is 40.6 Å². The minimum atomic E-state index is 0.703. The van der Waals surface area contributed by atoms with Gasteiger partial charge in [-0.2, -0.15) is 0 Å². The van der Waals surface area contributed by atoms with E-state index in [0.29, 0.717) is 5.82 Å². The third kappa shape index (κ3) is 6.44. The van der Waals surface area contributed by atoms with Crippen LogP contribution in [0.4, 0.5) is 0 Å². The molecule has 76 heavy (non-hydrogen) atoms. The molecular weight excluding hydrogens is 943 g/mol. The van der Waals surface area contributed by atoms with Gasteiger partial charge in [0.05, 0.1) is 49.0 Å². The average Bonchev–Trinajstić information content (AvgIpc) is 4.24. The molecule has 5 heterocycles. The van der Waals surface area contributed by atoms with Crippen LogP contribution in [0.3, 0.4) is 0 Å². The van der Waals surface area contributed by atoms with Gasteiger partial charge >= 0.3 is 0 Å². The highest BCUT2D eigenvalue weighted by Crippen LogP contribution is 2.48. The molecule has 6 heteroatoms. The van der Waals surface area contributed by atoms with E-state index in [9.17, 15) is 0 Å². The van der Waals surface area contributed by atoms with Gasteiger partial charge in [-0.05, 0) is 101 Å². The van der Waals surface area contributed by atoms with Gasteiger partial charge in [-0.1, -0.05) is 182 Å². The Morgan fingerprint density at radius 1 is 0.289 bits per heavy atom. The molecule has 0 saturated heterocycles. The summed E-state index contributed by atoms with van der Waals surface area (Å²) >= 11 is 1.77. The number of aromatic nitrogens is 5. The first kappa shape index (κ1) is 42.6. The van der Waals surface area contributed by atoms with E-state index in [1.807, 2.05) is 6.07 Å². The predicted octanol–water partition coefficient (Wildman–Crippen LogP) is 18.8.